The molecule has 1 heterocycles. The molecule has 28 heavy (non-hydrogen) atoms. The fraction of sp³-hybridized carbons (Fsp3) is 0.550. The Morgan fingerprint density at radius 3 is 2.82 bits per heavy atom. The lowest BCUT2D eigenvalue weighted by Crippen LogP contribution is -2.36. The number of aliphatic imine (C=N–C) groups is 1. The van der Waals surface area contributed by atoms with Crippen molar-refractivity contribution in [3.8, 4) is 5.75 Å². The summed E-state index contributed by atoms with van der Waals surface area (Å²) in [6, 6.07) is 8.07. The second kappa shape index (κ2) is 10.1. The standard InChI is InChI=1S/C20H29N5O3/c1-4-26-14(2)19-24-18(28-25-19)12-23-20(21-3)22-11-16-7-5-6-8-17(16)27-13-15-9-10-15/h5-8,14-15H,4,9-13H2,1-3H3,(H2,21,22,23). The molecule has 1 saturated carbocycles. The van der Waals surface area contributed by atoms with E-state index in [1.807, 2.05) is 32.0 Å². The van der Waals surface area contributed by atoms with E-state index in [1.54, 1.807) is 7.05 Å². The van der Waals surface area contributed by atoms with Gasteiger partial charge in [0, 0.05) is 25.8 Å². The summed E-state index contributed by atoms with van der Waals surface area (Å²) >= 11 is 0. The van der Waals surface area contributed by atoms with Crippen LogP contribution in [-0.4, -0.2) is 36.4 Å². The lowest BCUT2D eigenvalue weighted by Gasteiger charge is -2.14. The number of nitrogens with one attached hydrogen (secondary N) is 2. The molecule has 0 spiro atoms. The minimum atomic E-state index is -0.188. The first kappa shape index (κ1) is 20.1. The third-order valence-electron chi connectivity index (χ3n) is 4.49. The average molecular weight is 387 g/mol. The number of hydrogen-bond acceptors (Lipinski definition) is 6. The topological polar surface area (TPSA) is 93.8 Å². The molecule has 1 aliphatic rings. The predicted octanol–water partition coefficient (Wildman–Crippen LogP) is 2.82. The van der Waals surface area contributed by atoms with Gasteiger partial charge in [-0.3, -0.25) is 4.99 Å². The largest absolute Gasteiger partial charge is 0.493 e. The molecule has 3 rings (SSSR count). The fourth-order valence-electron chi connectivity index (χ4n) is 2.67. The molecule has 1 aromatic heterocycles. The van der Waals surface area contributed by atoms with Crippen molar-refractivity contribution in [2.75, 3.05) is 20.3 Å². The summed E-state index contributed by atoms with van der Waals surface area (Å²) in [5.41, 5.74) is 1.09. The monoisotopic (exact) mass is 387 g/mol. The zero-order chi connectivity index (χ0) is 19.8. The van der Waals surface area contributed by atoms with Crippen LogP contribution in [0.1, 0.15) is 50.1 Å². The normalized spacial score (nSPS) is 15.3. The Morgan fingerprint density at radius 1 is 1.29 bits per heavy atom. The van der Waals surface area contributed by atoms with Gasteiger partial charge in [0.2, 0.25) is 5.89 Å². The highest BCUT2D eigenvalue weighted by Crippen LogP contribution is 2.30. The lowest BCUT2D eigenvalue weighted by molar-refractivity contribution is 0.0683. The van der Waals surface area contributed by atoms with Gasteiger partial charge in [0.05, 0.1) is 13.2 Å². The van der Waals surface area contributed by atoms with Crippen LogP contribution in [0.3, 0.4) is 0 Å². The molecule has 1 aliphatic carbocycles. The van der Waals surface area contributed by atoms with Gasteiger partial charge in [-0.25, -0.2) is 0 Å². The van der Waals surface area contributed by atoms with E-state index in [-0.39, 0.29) is 6.10 Å². The van der Waals surface area contributed by atoms with E-state index in [2.05, 4.69) is 31.8 Å². The molecule has 0 amide bonds. The Balaban J connectivity index is 1.48. The first-order chi connectivity index (χ1) is 13.7. The number of rotatable bonds is 10. The van der Waals surface area contributed by atoms with E-state index >= 15 is 0 Å². The van der Waals surface area contributed by atoms with Crippen molar-refractivity contribution in [1.82, 2.24) is 20.8 Å². The van der Waals surface area contributed by atoms with Crippen molar-refractivity contribution in [1.29, 1.82) is 0 Å². The molecule has 152 valence electrons. The van der Waals surface area contributed by atoms with Crippen molar-refractivity contribution < 1.29 is 14.0 Å². The van der Waals surface area contributed by atoms with Crippen molar-refractivity contribution in [2.45, 2.75) is 45.9 Å². The minimum Gasteiger partial charge on any atom is -0.493 e. The molecule has 1 fully saturated rings. The molecule has 0 aliphatic heterocycles. The van der Waals surface area contributed by atoms with Gasteiger partial charge in [0.1, 0.15) is 11.9 Å². The Kier molecular flexibility index (Phi) is 7.25. The number of benzene rings is 1. The van der Waals surface area contributed by atoms with Crippen LogP contribution in [0.25, 0.3) is 0 Å². The van der Waals surface area contributed by atoms with Crippen molar-refractivity contribution in [3.05, 3.63) is 41.5 Å². The van der Waals surface area contributed by atoms with Crippen LogP contribution < -0.4 is 15.4 Å². The maximum atomic E-state index is 5.96. The lowest BCUT2D eigenvalue weighted by atomic mass is 10.2. The van der Waals surface area contributed by atoms with E-state index in [9.17, 15) is 0 Å². The highest BCUT2D eigenvalue weighted by Gasteiger charge is 2.22. The molecule has 0 radical (unpaired) electrons. The minimum absolute atomic E-state index is 0.188. The Morgan fingerprint density at radius 2 is 2.07 bits per heavy atom. The molecule has 1 atom stereocenters. The summed E-state index contributed by atoms with van der Waals surface area (Å²) in [4.78, 5) is 8.59. The van der Waals surface area contributed by atoms with Crippen LogP contribution in [0.15, 0.2) is 33.8 Å². The molecule has 2 aromatic rings. The smallest absolute Gasteiger partial charge is 0.246 e. The van der Waals surface area contributed by atoms with Gasteiger partial charge >= 0.3 is 0 Å². The van der Waals surface area contributed by atoms with Crippen molar-refractivity contribution in [2.24, 2.45) is 10.9 Å². The first-order valence-electron chi connectivity index (χ1n) is 9.78. The molecular weight excluding hydrogens is 358 g/mol. The van der Waals surface area contributed by atoms with Crippen LogP contribution in [0.2, 0.25) is 0 Å². The summed E-state index contributed by atoms with van der Waals surface area (Å²) in [5, 5.41) is 10.4. The van der Waals surface area contributed by atoms with Gasteiger partial charge in [-0.1, -0.05) is 23.4 Å². The Bertz CT molecular complexity index is 773. The van der Waals surface area contributed by atoms with Gasteiger partial charge < -0.3 is 24.6 Å². The highest BCUT2D eigenvalue weighted by atomic mass is 16.5. The number of hydrogen-bond donors (Lipinski definition) is 2. The fourth-order valence-corrected chi connectivity index (χ4v) is 2.67. The Labute approximate surface area is 165 Å². The second-order valence-corrected chi connectivity index (χ2v) is 6.79. The van der Waals surface area contributed by atoms with Gasteiger partial charge in [-0.15, -0.1) is 0 Å². The number of para-hydroxylation sites is 1. The molecule has 8 heteroatoms. The molecule has 0 saturated heterocycles. The van der Waals surface area contributed by atoms with E-state index in [4.69, 9.17) is 14.0 Å². The van der Waals surface area contributed by atoms with Crippen LogP contribution in [-0.2, 0) is 17.8 Å². The number of aromatic nitrogens is 2. The number of nitrogens with zero attached hydrogens (tertiary/aromatic N) is 3. The van der Waals surface area contributed by atoms with Crippen LogP contribution in [0, 0.1) is 5.92 Å². The van der Waals surface area contributed by atoms with Gasteiger partial charge in [-0.2, -0.15) is 4.98 Å². The summed E-state index contributed by atoms with van der Waals surface area (Å²) in [6.45, 7) is 6.22. The Hall–Kier alpha value is -2.61. The van der Waals surface area contributed by atoms with Crippen LogP contribution in [0.5, 0.6) is 5.75 Å². The third kappa shape index (κ3) is 5.95. The van der Waals surface area contributed by atoms with Crippen molar-refractivity contribution in [3.63, 3.8) is 0 Å². The van der Waals surface area contributed by atoms with Crippen LogP contribution in [0.4, 0.5) is 0 Å². The summed E-state index contributed by atoms with van der Waals surface area (Å²) in [5.74, 6) is 3.32. The predicted molar refractivity (Wildman–Crippen MR) is 106 cm³/mol. The zero-order valence-corrected chi connectivity index (χ0v) is 16.8. The van der Waals surface area contributed by atoms with Gasteiger partial charge in [0.25, 0.3) is 0 Å². The zero-order valence-electron chi connectivity index (χ0n) is 16.8. The molecule has 2 N–H and O–H groups in total. The van der Waals surface area contributed by atoms with Gasteiger partial charge in [-0.05, 0) is 38.7 Å². The molecule has 0 bridgehead atoms. The summed E-state index contributed by atoms with van der Waals surface area (Å²) in [7, 11) is 1.72. The molecule has 1 aromatic carbocycles. The maximum absolute atomic E-state index is 5.96. The number of ether oxygens (including phenoxy) is 2. The summed E-state index contributed by atoms with van der Waals surface area (Å²) in [6.07, 6.45) is 2.36. The van der Waals surface area contributed by atoms with E-state index in [0.717, 1.165) is 23.8 Å². The van der Waals surface area contributed by atoms with Crippen molar-refractivity contribution >= 4 is 5.96 Å². The second-order valence-electron chi connectivity index (χ2n) is 6.79. The maximum Gasteiger partial charge on any atom is 0.246 e. The first-order valence-corrected chi connectivity index (χ1v) is 9.78. The molecule has 8 nitrogen and oxygen atoms in total. The summed E-state index contributed by atoms with van der Waals surface area (Å²) < 4.78 is 16.7. The van der Waals surface area contributed by atoms with E-state index in [1.165, 1.54) is 12.8 Å². The third-order valence-corrected chi connectivity index (χ3v) is 4.49. The average Bonchev–Trinajstić information content (AvgIpc) is 3.42. The molecule has 1 unspecified atom stereocenters. The molecular formula is C20H29N5O3. The van der Waals surface area contributed by atoms with E-state index in [0.29, 0.717) is 37.4 Å². The quantitative estimate of drug-likeness (QED) is 0.478. The van der Waals surface area contributed by atoms with E-state index < -0.39 is 0 Å². The highest BCUT2D eigenvalue weighted by molar-refractivity contribution is 5.79. The number of guanidine groups is 1. The van der Waals surface area contributed by atoms with Crippen LogP contribution >= 0.6 is 0 Å². The van der Waals surface area contributed by atoms with Gasteiger partial charge in [0.15, 0.2) is 11.8 Å². The SMILES string of the molecule is CCOC(C)c1noc(CNC(=NC)NCc2ccccc2OCC2CC2)n1.